The third-order valence-corrected chi connectivity index (χ3v) is 5.82. The first-order valence-corrected chi connectivity index (χ1v) is 9.25. The summed E-state index contributed by atoms with van der Waals surface area (Å²) in [6, 6.07) is 10.8. The van der Waals surface area contributed by atoms with Crippen LogP contribution in [0.25, 0.3) is 0 Å². The van der Waals surface area contributed by atoms with Crippen LogP contribution in [0.5, 0.6) is 0 Å². The van der Waals surface area contributed by atoms with Gasteiger partial charge in [-0.15, -0.1) is 0 Å². The SMILES string of the molecule is C=CC(=O)N(Cc1ccn(CC)n1)C1c2ccccc2C2CCC1C2. The van der Waals surface area contributed by atoms with Gasteiger partial charge in [0.05, 0.1) is 18.3 Å². The Bertz CT molecular complexity index is 794. The van der Waals surface area contributed by atoms with E-state index < -0.39 is 0 Å². The highest BCUT2D eigenvalue weighted by molar-refractivity contribution is 5.87. The number of aryl methyl sites for hydroxylation is 1. The molecule has 1 aromatic heterocycles. The van der Waals surface area contributed by atoms with Crippen molar-refractivity contribution >= 4 is 5.91 Å². The Labute approximate surface area is 149 Å². The molecule has 1 heterocycles. The Kier molecular flexibility index (Phi) is 4.20. The summed E-state index contributed by atoms with van der Waals surface area (Å²) in [5, 5.41) is 4.59. The van der Waals surface area contributed by atoms with Crippen LogP contribution in [0.2, 0.25) is 0 Å². The Hall–Kier alpha value is -2.36. The normalized spacial score (nSPS) is 24.0. The van der Waals surface area contributed by atoms with Crippen LogP contribution in [0.3, 0.4) is 0 Å². The number of hydrogen-bond acceptors (Lipinski definition) is 2. The summed E-state index contributed by atoms with van der Waals surface area (Å²) in [4.78, 5) is 14.7. The van der Waals surface area contributed by atoms with E-state index in [9.17, 15) is 4.79 Å². The predicted molar refractivity (Wildman–Crippen MR) is 97.9 cm³/mol. The molecule has 2 aromatic rings. The molecule has 2 aliphatic carbocycles. The zero-order valence-electron chi connectivity index (χ0n) is 14.8. The number of rotatable bonds is 5. The number of carbonyl (C=O) groups excluding carboxylic acids is 1. The molecule has 2 bridgehead atoms. The van der Waals surface area contributed by atoms with Crippen molar-refractivity contribution in [1.29, 1.82) is 0 Å². The van der Waals surface area contributed by atoms with Crippen LogP contribution >= 0.6 is 0 Å². The average molecular weight is 335 g/mol. The molecule has 3 unspecified atom stereocenters. The molecule has 4 nitrogen and oxygen atoms in total. The molecule has 2 aliphatic rings. The van der Waals surface area contributed by atoms with Crippen molar-refractivity contribution < 1.29 is 4.79 Å². The molecular formula is C21H25N3O. The average Bonchev–Trinajstić information content (AvgIpc) is 3.28. The monoisotopic (exact) mass is 335 g/mol. The third kappa shape index (κ3) is 2.80. The van der Waals surface area contributed by atoms with Crippen molar-refractivity contribution in [1.82, 2.24) is 14.7 Å². The van der Waals surface area contributed by atoms with Crippen molar-refractivity contribution in [3.8, 4) is 0 Å². The molecule has 0 spiro atoms. The van der Waals surface area contributed by atoms with Crippen molar-refractivity contribution in [2.75, 3.05) is 0 Å². The summed E-state index contributed by atoms with van der Waals surface area (Å²) in [6.07, 6.45) is 7.03. The van der Waals surface area contributed by atoms with Crippen LogP contribution < -0.4 is 0 Å². The first kappa shape index (κ1) is 16.1. The third-order valence-electron chi connectivity index (χ3n) is 5.82. The van der Waals surface area contributed by atoms with E-state index in [1.165, 1.54) is 36.5 Å². The van der Waals surface area contributed by atoms with E-state index in [1.807, 2.05) is 21.8 Å². The van der Waals surface area contributed by atoms with Gasteiger partial charge in [-0.3, -0.25) is 9.48 Å². The minimum Gasteiger partial charge on any atom is -0.326 e. The molecule has 1 aromatic carbocycles. The van der Waals surface area contributed by atoms with Crippen molar-refractivity contribution in [2.45, 2.75) is 51.2 Å². The fourth-order valence-corrected chi connectivity index (χ4v) is 4.68. The predicted octanol–water partition coefficient (Wildman–Crippen LogP) is 4.06. The van der Waals surface area contributed by atoms with E-state index in [1.54, 1.807) is 0 Å². The second-order valence-corrected chi connectivity index (χ2v) is 7.18. The minimum atomic E-state index is -0.00352. The standard InChI is InChI=1S/C21H25N3O/c1-3-20(25)24(14-17-11-12-23(4-2)22-17)21-16-10-9-15(13-16)18-7-5-6-8-19(18)21/h3,5-8,11-12,15-16,21H,1,4,9-10,13-14H2,2H3. The highest BCUT2D eigenvalue weighted by Crippen LogP contribution is 2.53. The van der Waals surface area contributed by atoms with E-state index in [0.29, 0.717) is 18.4 Å². The molecule has 0 radical (unpaired) electrons. The number of fused-ring (bicyclic) bond motifs is 4. The van der Waals surface area contributed by atoms with Gasteiger partial charge in [0, 0.05) is 12.7 Å². The second-order valence-electron chi connectivity index (χ2n) is 7.18. The number of aromatic nitrogens is 2. The molecule has 25 heavy (non-hydrogen) atoms. The smallest absolute Gasteiger partial charge is 0.246 e. The maximum atomic E-state index is 12.8. The Morgan fingerprint density at radius 1 is 1.32 bits per heavy atom. The van der Waals surface area contributed by atoms with Gasteiger partial charge in [-0.2, -0.15) is 5.10 Å². The van der Waals surface area contributed by atoms with E-state index in [2.05, 4.69) is 42.9 Å². The van der Waals surface area contributed by atoms with E-state index >= 15 is 0 Å². The number of amides is 1. The highest BCUT2D eigenvalue weighted by Gasteiger charge is 2.43. The van der Waals surface area contributed by atoms with Gasteiger partial charge in [-0.25, -0.2) is 0 Å². The van der Waals surface area contributed by atoms with Crippen molar-refractivity contribution in [2.24, 2.45) is 5.92 Å². The second kappa shape index (κ2) is 6.51. The molecule has 1 fully saturated rings. The maximum absolute atomic E-state index is 12.8. The lowest BCUT2D eigenvalue weighted by atomic mass is 9.78. The Balaban J connectivity index is 1.72. The molecule has 0 aliphatic heterocycles. The van der Waals surface area contributed by atoms with Crippen molar-refractivity contribution in [3.05, 3.63) is 66.0 Å². The minimum absolute atomic E-state index is 0.00352. The quantitative estimate of drug-likeness (QED) is 0.773. The summed E-state index contributed by atoms with van der Waals surface area (Å²) < 4.78 is 1.91. The van der Waals surface area contributed by atoms with Gasteiger partial charge in [0.25, 0.3) is 0 Å². The van der Waals surface area contributed by atoms with Crippen LogP contribution in [0.4, 0.5) is 0 Å². The summed E-state index contributed by atoms with van der Waals surface area (Å²) in [5.74, 6) is 1.20. The van der Waals surface area contributed by atoms with Crippen LogP contribution in [-0.2, 0) is 17.9 Å². The Morgan fingerprint density at radius 2 is 2.12 bits per heavy atom. The highest BCUT2D eigenvalue weighted by atomic mass is 16.2. The van der Waals surface area contributed by atoms with E-state index in [4.69, 9.17) is 0 Å². The van der Waals surface area contributed by atoms with Crippen LogP contribution in [-0.4, -0.2) is 20.6 Å². The molecule has 3 atom stereocenters. The van der Waals surface area contributed by atoms with Crippen molar-refractivity contribution in [3.63, 3.8) is 0 Å². The lowest BCUT2D eigenvalue weighted by Crippen LogP contribution is -2.38. The largest absolute Gasteiger partial charge is 0.326 e. The molecule has 1 saturated carbocycles. The molecule has 1 amide bonds. The summed E-state index contributed by atoms with van der Waals surface area (Å²) in [5.41, 5.74) is 3.70. The van der Waals surface area contributed by atoms with Gasteiger partial charge in [-0.05, 0) is 61.3 Å². The van der Waals surface area contributed by atoms with E-state index in [-0.39, 0.29) is 11.9 Å². The fourth-order valence-electron chi connectivity index (χ4n) is 4.68. The Morgan fingerprint density at radius 3 is 2.84 bits per heavy atom. The van der Waals surface area contributed by atoms with Crippen LogP contribution in [0, 0.1) is 5.92 Å². The lowest BCUT2D eigenvalue weighted by molar-refractivity contribution is -0.130. The van der Waals surface area contributed by atoms with Crippen LogP contribution in [0.1, 0.15) is 55.0 Å². The number of hydrogen-bond donors (Lipinski definition) is 0. The summed E-state index contributed by atoms with van der Waals surface area (Å²) in [7, 11) is 0. The zero-order chi connectivity index (χ0) is 17.4. The zero-order valence-corrected chi connectivity index (χ0v) is 14.8. The number of nitrogens with zero attached hydrogens (tertiary/aromatic N) is 3. The molecule has 4 heteroatoms. The maximum Gasteiger partial charge on any atom is 0.246 e. The molecule has 130 valence electrons. The van der Waals surface area contributed by atoms with Gasteiger partial charge in [0.15, 0.2) is 0 Å². The first-order chi connectivity index (χ1) is 12.2. The topological polar surface area (TPSA) is 38.1 Å². The van der Waals surface area contributed by atoms with E-state index in [0.717, 1.165) is 12.2 Å². The van der Waals surface area contributed by atoms with Gasteiger partial charge >= 0.3 is 0 Å². The summed E-state index contributed by atoms with van der Waals surface area (Å²) in [6.45, 7) is 7.19. The number of benzene rings is 1. The van der Waals surface area contributed by atoms with Gasteiger partial charge in [0.2, 0.25) is 5.91 Å². The molecular weight excluding hydrogens is 310 g/mol. The van der Waals surface area contributed by atoms with Gasteiger partial charge in [0.1, 0.15) is 0 Å². The van der Waals surface area contributed by atoms with Crippen LogP contribution in [0.15, 0.2) is 49.2 Å². The number of carbonyl (C=O) groups is 1. The molecule has 0 N–H and O–H groups in total. The lowest BCUT2D eigenvalue weighted by Gasteiger charge is -2.39. The van der Waals surface area contributed by atoms with Gasteiger partial charge in [-0.1, -0.05) is 30.8 Å². The molecule has 0 saturated heterocycles. The molecule has 4 rings (SSSR count). The summed E-state index contributed by atoms with van der Waals surface area (Å²) >= 11 is 0. The fraction of sp³-hybridized carbons (Fsp3) is 0.429. The van der Waals surface area contributed by atoms with Gasteiger partial charge < -0.3 is 4.90 Å². The first-order valence-electron chi connectivity index (χ1n) is 9.25.